The zero-order valence-corrected chi connectivity index (χ0v) is 9.19. The molecule has 1 aromatic rings. The Bertz CT molecular complexity index is 291. The first-order chi connectivity index (χ1) is 7.30. The number of rotatable bonds is 6. The number of nitrogens with zero attached hydrogens (tertiary/aromatic N) is 2. The quantitative estimate of drug-likeness (QED) is 0.710. The van der Waals surface area contributed by atoms with E-state index < -0.39 is 0 Å². The lowest BCUT2D eigenvalue weighted by molar-refractivity contribution is 0.197. The highest BCUT2D eigenvalue weighted by molar-refractivity contribution is 5.16. The van der Waals surface area contributed by atoms with Gasteiger partial charge in [-0.2, -0.15) is 0 Å². The molecule has 84 valence electrons. The van der Waals surface area contributed by atoms with Crippen LogP contribution in [0, 0.1) is 0 Å². The molecule has 0 spiro atoms. The Morgan fingerprint density at radius 1 is 1.53 bits per heavy atom. The smallest absolute Gasteiger partial charge is 0.0558 e. The van der Waals surface area contributed by atoms with Crippen LogP contribution in [0.3, 0.4) is 0 Å². The van der Waals surface area contributed by atoms with E-state index in [9.17, 15) is 0 Å². The molecule has 0 saturated carbocycles. The highest BCUT2D eigenvalue weighted by Gasteiger charge is 2.03. The summed E-state index contributed by atoms with van der Waals surface area (Å²) in [6, 6.07) is 4.00. The minimum Gasteiger partial charge on any atom is -0.395 e. The number of likely N-dealkylation sites (N-methyl/N-ethyl adjacent to an activating group) is 1. The lowest BCUT2D eigenvalue weighted by Crippen LogP contribution is -2.26. The summed E-state index contributed by atoms with van der Waals surface area (Å²) in [5.74, 6) is 0. The lowest BCUT2D eigenvalue weighted by atomic mass is 10.2. The van der Waals surface area contributed by atoms with Crippen molar-refractivity contribution < 1.29 is 5.11 Å². The minimum absolute atomic E-state index is 0.197. The van der Waals surface area contributed by atoms with Gasteiger partial charge in [0.15, 0.2) is 0 Å². The normalized spacial score (nSPS) is 10.9. The Kier molecular flexibility index (Phi) is 5.25. The molecule has 0 aliphatic heterocycles. The van der Waals surface area contributed by atoms with Crippen molar-refractivity contribution in [3.05, 3.63) is 29.6 Å². The molecular formula is C11H19N3O. The zero-order chi connectivity index (χ0) is 11.1. The van der Waals surface area contributed by atoms with Crippen molar-refractivity contribution in [1.82, 2.24) is 9.88 Å². The van der Waals surface area contributed by atoms with Crippen LogP contribution in [-0.4, -0.2) is 34.7 Å². The maximum Gasteiger partial charge on any atom is 0.0558 e. The van der Waals surface area contributed by atoms with Crippen molar-refractivity contribution in [1.29, 1.82) is 0 Å². The number of pyridine rings is 1. The number of nitrogens with two attached hydrogens (primary N) is 1. The number of aliphatic hydroxyl groups is 1. The molecule has 0 aliphatic carbocycles. The Morgan fingerprint density at radius 3 is 2.93 bits per heavy atom. The molecule has 1 heterocycles. The van der Waals surface area contributed by atoms with Crippen LogP contribution in [0.4, 0.5) is 0 Å². The van der Waals surface area contributed by atoms with Gasteiger partial charge in [0.25, 0.3) is 0 Å². The number of hydrogen-bond acceptors (Lipinski definition) is 4. The average Bonchev–Trinajstić information content (AvgIpc) is 2.29. The van der Waals surface area contributed by atoms with E-state index in [0.717, 1.165) is 18.8 Å². The summed E-state index contributed by atoms with van der Waals surface area (Å²) in [5, 5.41) is 8.87. The van der Waals surface area contributed by atoms with Crippen LogP contribution in [0.2, 0.25) is 0 Å². The van der Waals surface area contributed by atoms with E-state index in [0.29, 0.717) is 13.1 Å². The summed E-state index contributed by atoms with van der Waals surface area (Å²) in [7, 11) is 0. The first-order valence-electron chi connectivity index (χ1n) is 5.27. The van der Waals surface area contributed by atoms with Gasteiger partial charge >= 0.3 is 0 Å². The molecule has 0 fully saturated rings. The summed E-state index contributed by atoms with van der Waals surface area (Å²) in [6.45, 7) is 5.23. The Labute approximate surface area is 90.7 Å². The number of aliphatic hydroxyl groups excluding tert-OH is 1. The molecule has 4 heteroatoms. The number of hydrogen-bond donors (Lipinski definition) is 2. The van der Waals surface area contributed by atoms with Gasteiger partial charge in [-0.25, -0.2) is 0 Å². The monoisotopic (exact) mass is 209 g/mol. The minimum atomic E-state index is 0.197. The Hall–Kier alpha value is -0.970. The van der Waals surface area contributed by atoms with E-state index in [2.05, 4.69) is 16.8 Å². The Balaban J connectivity index is 2.61. The summed E-state index contributed by atoms with van der Waals surface area (Å²) in [6.07, 6.45) is 1.78. The molecule has 0 radical (unpaired) electrons. The molecule has 1 aromatic heterocycles. The molecule has 0 amide bonds. The van der Waals surface area contributed by atoms with Crippen molar-refractivity contribution in [3.63, 3.8) is 0 Å². The summed E-state index contributed by atoms with van der Waals surface area (Å²) >= 11 is 0. The van der Waals surface area contributed by atoms with Crippen molar-refractivity contribution in [2.45, 2.75) is 20.0 Å². The predicted octanol–water partition coefficient (Wildman–Crippen LogP) is 0.354. The van der Waals surface area contributed by atoms with Gasteiger partial charge < -0.3 is 10.8 Å². The van der Waals surface area contributed by atoms with E-state index in [1.807, 2.05) is 12.1 Å². The molecule has 3 N–H and O–H groups in total. The van der Waals surface area contributed by atoms with Crippen molar-refractivity contribution in [3.8, 4) is 0 Å². The highest BCUT2D eigenvalue weighted by atomic mass is 16.3. The fourth-order valence-corrected chi connectivity index (χ4v) is 1.49. The first-order valence-corrected chi connectivity index (χ1v) is 5.27. The average molecular weight is 209 g/mol. The van der Waals surface area contributed by atoms with Crippen LogP contribution in [0.15, 0.2) is 18.3 Å². The van der Waals surface area contributed by atoms with Crippen molar-refractivity contribution in [2.75, 3.05) is 19.7 Å². The topological polar surface area (TPSA) is 62.4 Å². The van der Waals surface area contributed by atoms with Crippen LogP contribution in [0.5, 0.6) is 0 Å². The van der Waals surface area contributed by atoms with Crippen molar-refractivity contribution in [2.24, 2.45) is 5.73 Å². The van der Waals surface area contributed by atoms with Gasteiger partial charge in [-0.1, -0.05) is 6.92 Å². The molecular weight excluding hydrogens is 190 g/mol. The third-order valence-electron chi connectivity index (χ3n) is 2.36. The SMILES string of the molecule is CCN(CCO)Cc1ccnc(CN)c1. The van der Waals surface area contributed by atoms with Gasteiger partial charge in [0.05, 0.1) is 12.3 Å². The van der Waals surface area contributed by atoms with Crippen LogP contribution >= 0.6 is 0 Å². The van der Waals surface area contributed by atoms with Gasteiger partial charge in [0.1, 0.15) is 0 Å². The van der Waals surface area contributed by atoms with E-state index in [-0.39, 0.29) is 6.61 Å². The zero-order valence-electron chi connectivity index (χ0n) is 9.19. The van der Waals surface area contributed by atoms with Gasteiger partial charge in [-0.15, -0.1) is 0 Å². The predicted molar refractivity (Wildman–Crippen MR) is 60.2 cm³/mol. The van der Waals surface area contributed by atoms with E-state index in [4.69, 9.17) is 10.8 Å². The van der Waals surface area contributed by atoms with Crippen LogP contribution in [-0.2, 0) is 13.1 Å². The second kappa shape index (κ2) is 6.50. The van der Waals surface area contributed by atoms with Crippen molar-refractivity contribution >= 4 is 0 Å². The molecule has 0 aromatic carbocycles. The maximum atomic E-state index is 8.87. The van der Waals surface area contributed by atoms with E-state index in [1.54, 1.807) is 6.20 Å². The van der Waals surface area contributed by atoms with Gasteiger partial charge in [0.2, 0.25) is 0 Å². The fraction of sp³-hybridized carbons (Fsp3) is 0.545. The van der Waals surface area contributed by atoms with E-state index >= 15 is 0 Å². The van der Waals surface area contributed by atoms with Crippen LogP contribution in [0.25, 0.3) is 0 Å². The number of aromatic nitrogens is 1. The molecule has 0 bridgehead atoms. The fourth-order valence-electron chi connectivity index (χ4n) is 1.49. The molecule has 0 atom stereocenters. The van der Waals surface area contributed by atoms with Gasteiger partial charge in [-0.3, -0.25) is 9.88 Å². The first kappa shape index (κ1) is 12.1. The summed E-state index contributed by atoms with van der Waals surface area (Å²) < 4.78 is 0. The summed E-state index contributed by atoms with van der Waals surface area (Å²) in [5.41, 5.74) is 7.63. The molecule has 4 nitrogen and oxygen atoms in total. The molecule has 0 unspecified atom stereocenters. The third-order valence-corrected chi connectivity index (χ3v) is 2.36. The van der Waals surface area contributed by atoms with Crippen LogP contribution < -0.4 is 5.73 Å². The second-order valence-corrected chi connectivity index (χ2v) is 3.45. The standard InChI is InChI=1S/C11H19N3O/c1-2-14(5-6-15)9-10-3-4-13-11(7-10)8-12/h3-4,7,15H,2,5-6,8-9,12H2,1H3. The largest absolute Gasteiger partial charge is 0.395 e. The molecule has 0 saturated heterocycles. The molecule has 15 heavy (non-hydrogen) atoms. The second-order valence-electron chi connectivity index (χ2n) is 3.45. The van der Waals surface area contributed by atoms with Gasteiger partial charge in [-0.05, 0) is 24.2 Å². The molecule has 1 rings (SSSR count). The lowest BCUT2D eigenvalue weighted by Gasteiger charge is -2.19. The Morgan fingerprint density at radius 2 is 2.33 bits per heavy atom. The summed E-state index contributed by atoms with van der Waals surface area (Å²) in [4.78, 5) is 6.32. The van der Waals surface area contributed by atoms with E-state index in [1.165, 1.54) is 5.56 Å². The van der Waals surface area contributed by atoms with Crippen LogP contribution in [0.1, 0.15) is 18.2 Å². The third kappa shape index (κ3) is 3.95. The highest BCUT2D eigenvalue weighted by Crippen LogP contribution is 2.05. The molecule has 0 aliphatic rings. The van der Waals surface area contributed by atoms with Gasteiger partial charge in [0, 0.05) is 25.8 Å². The maximum absolute atomic E-state index is 8.87.